The molecule has 23 heavy (non-hydrogen) atoms. The molecule has 1 saturated carbocycles. The Morgan fingerprint density at radius 3 is 3.00 bits per heavy atom. The topological polar surface area (TPSA) is 72.7 Å². The van der Waals surface area contributed by atoms with Crippen molar-refractivity contribution in [2.45, 2.75) is 37.6 Å². The van der Waals surface area contributed by atoms with Crippen LogP contribution in [0.4, 0.5) is 0 Å². The van der Waals surface area contributed by atoms with E-state index in [1.54, 1.807) is 0 Å². The molecule has 0 spiro atoms. The van der Waals surface area contributed by atoms with Crippen LogP contribution in [0.25, 0.3) is 0 Å². The summed E-state index contributed by atoms with van der Waals surface area (Å²) in [5, 5.41) is 15.4. The summed E-state index contributed by atoms with van der Waals surface area (Å²) in [6.07, 6.45) is 2.27. The van der Waals surface area contributed by atoms with E-state index in [1.807, 2.05) is 35.9 Å². The molecule has 122 valence electrons. The van der Waals surface area contributed by atoms with Crippen LogP contribution in [-0.4, -0.2) is 31.9 Å². The molecule has 1 heterocycles. The molecule has 1 aromatic heterocycles. The molecule has 1 N–H and O–H groups in total. The number of nitrogens with zero attached hydrogens (tertiary/aromatic N) is 4. The van der Waals surface area contributed by atoms with Gasteiger partial charge in [-0.2, -0.15) is 0 Å². The Morgan fingerprint density at radius 2 is 2.26 bits per heavy atom. The summed E-state index contributed by atoms with van der Waals surface area (Å²) in [7, 11) is 0. The maximum absolute atomic E-state index is 12.1. The second-order valence-corrected chi connectivity index (χ2v) is 6.97. The van der Waals surface area contributed by atoms with Gasteiger partial charge < -0.3 is 5.32 Å². The molecule has 1 aliphatic rings. The minimum Gasteiger partial charge on any atom is -0.349 e. The molecular weight excluding hydrogens is 334 g/mol. The zero-order valence-corrected chi connectivity index (χ0v) is 14.3. The maximum Gasteiger partial charge on any atom is 0.230 e. The van der Waals surface area contributed by atoms with Gasteiger partial charge in [-0.3, -0.25) is 4.79 Å². The molecule has 6 nitrogen and oxygen atoms in total. The van der Waals surface area contributed by atoms with Crippen molar-refractivity contribution in [1.29, 1.82) is 0 Å². The molecule has 1 aromatic carbocycles. The predicted octanol–water partition coefficient (Wildman–Crippen LogP) is 2.77. The first-order valence-corrected chi connectivity index (χ1v) is 9.06. The molecule has 2 aromatic rings. The van der Waals surface area contributed by atoms with Crippen molar-refractivity contribution < 1.29 is 4.79 Å². The number of hydrogen-bond donors (Lipinski definition) is 1. The van der Waals surface area contributed by atoms with Crippen molar-refractivity contribution in [1.82, 2.24) is 25.5 Å². The first-order valence-electron chi connectivity index (χ1n) is 7.53. The van der Waals surface area contributed by atoms with Crippen molar-refractivity contribution in [2.24, 2.45) is 0 Å². The van der Waals surface area contributed by atoms with E-state index in [0.29, 0.717) is 22.6 Å². The van der Waals surface area contributed by atoms with Gasteiger partial charge in [0.1, 0.15) is 0 Å². The number of hydrogen-bond acceptors (Lipinski definition) is 5. The number of halogens is 1. The number of carbonyl (C=O) groups is 1. The summed E-state index contributed by atoms with van der Waals surface area (Å²) in [5.74, 6) is 1.82. The first kappa shape index (κ1) is 16.3. The van der Waals surface area contributed by atoms with Gasteiger partial charge in [0.05, 0.1) is 23.6 Å². The van der Waals surface area contributed by atoms with E-state index in [-0.39, 0.29) is 11.9 Å². The normalized spacial score (nSPS) is 15.4. The molecule has 8 heteroatoms. The average molecular weight is 352 g/mol. The van der Waals surface area contributed by atoms with E-state index in [2.05, 4.69) is 20.8 Å². The molecule has 0 aliphatic heterocycles. The molecule has 0 radical (unpaired) electrons. The molecule has 3 rings (SSSR count). The molecule has 1 aliphatic carbocycles. The van der Waals surface area contributed by atoms with Gasteiger partial charge >= 0.3 is 0 Å². The van der Waals surface area contributed by atoms with Crippen LogP contribution in [0.2, 0.25) is 5.02 Å². The number of aromatic nitrogens is 4. The molecule has 1 atom stereocenters. The van der Waals surface area contributed by atoms with Gasteiger partial charge in [-0.1, -0.05) is 29.8 Å². The summed E-state index contributed by atoms with van der Waals surface area (Å²) in [4.78, 5) is 12.1. The van der Waals surface area contributed by atoms with Crippen LogP contribution in [0.1, 0.15) is 43.2 Å². The third kappa shape index (κ3) is 4.23. The largest absolute Gasteiger partial charge is 0.349 e. The van der Waals surface area contributed by atoms with Crippen LogP contribution in [0, 0.1) is 0 Å². The van der Waals surface area contributed by atoms with Crippen molar-refractivity contribution in [3.63, 3.8) is 0 Å². The quantitative estimate of drug-likeness (QED) is 0.830. The van der Waals surface area contributed by atoms with Crippen LogP contribution >= 0.6 is 23.4 Å². The van der Waals surface area contributed by atoms with Crippen molar-refractivity contribution in [3.05, 3.63) is 40.7 Å². The highest BCUT2D eigenvalue weighted by Crippen LogP contribution is 2.34. The fourth-order valence-corrected chi connectivity index (χ4v) is 3.37. The molecular formula is C15H18ClN5OS. The molecule has 0 saturated heterocycles. The van der Waals surface area contributed by atoms with Crippen LogP contribution in [0.5, 0.6) is 0 Å². The highest BCUT2D eigenvalue weighted by molar-refractivity contribution is 7.99. The maximum atomic E-state index is 12.1. The molecule has 1 amide bonds. The molecule has 0 bridgehead atoms. The Morgan fingerprint density at radius 1 is 1.48 bits per heavy atom. The van der Waals surface area contributed by atoms with Gasteiger partial charge in [-0.15, -0.1) is 16.9 Å². The lowest BCUT2D eigenvalue weighted by Crippen LogP contribution is -2.28. The number of thioether (sulfide) groups is 1. The van der Waals surface area contributed by atoms with E-state index in [0.717, 1.165) is 24.2 Å². The van der Waals surface area contributed by atoms with Crippen LogP contribution in [0.3, 0.4) is 0 Å². The smallest absolute Gasteiger partial charge is 0.230 e. The van der Waals surface area contributed by atoms with Crippen molar-refractivity contribution >= 4 is 29.3 Å². The van der Waals surface area contributed by atoms with Gasteiger partial charge in [0.2, 0.25) is 5.91 Å². The lowest BCUT2D eigenvalue weighted by molar-refractivity contribution is -0.119. The van der Waals surface area contributed by atoms with Crippen LogP contribution in [-0.2, 0) is 10.5 Å². The number of tetrazole rings is 1. The van der Waals surface area contributed by atoms with Gasteiger partial charge in [0, 0.05) is 5.02 Å². The lowest BCUT2D eigenvalue weighted by atomic mass is 10.1. The Bertz CT molecular complexity index is 688. The fraction of sp³-hybridized carbons (Fsp3) is 0.467. The lowest BCUT2D eigenvalue weighted by Gasteiger charge is -2.15. The third-order valence-electron chi connectivity index (χ3n) is 3.67. The minimum absolute atomic E-state index is 0.0205. The SMILES string of the molecule is CC(NC(=O)CSCc1nnnn1C1CC1)c1ccccc1Cl. The molecule has 1 fully saturated rings. The Kier molecular flexibility index (Phi) is 5.17. The monoisotopic (exact) mass is 351 g/mol. The van der Waals surface area contributed by atoms with Crippen LogP contribution in [0.15, 0.2) is 24.3 Å². The fourth-order valence-electron chi connectivity index (χ4n) is 2.33. The van der Waals surface area contributed by atoms with Gasteiger partial charge in [0.25, 0.3) is 0 Å². The predicted molar refractivity (Wildman–Crippen MR) is 90.3 cm³/mol. The summed E-state index contributed by atoms with van der Waals surface area (Å²) in [6.45, 7) is 1.93. The van der Waals surface area contributed by atoms with E-state index in [4.69, 9.17) is 11.6 Å². The Hall–Kier alpha value is -1.60. The summed E-state index contributed by atoms with van der Waals surface area (Å²) in [5.41, 5.74) is 0.921. The average Bonchev–Trinajstić information content (AvgIpc) is 3.27. The highest BCUT2D eigenvalue weighted by Gasteiger charge is 2.27. The summed E-state index contributed by atoms with van der Waals surface area (Å²) in [6, 6.07) is 7.87. The highest BCUT2D eigenvalue weighted by atomic mass is 35.5. The number of rotatable bonds is 7. The number of amides is 1. The van der Waals surface area contributed by atoms with Crippen molar-refractivity contribution in [3.8, 4) is 0 Å². The van der Waals surface area contributed by atoms with Crippen molar-refractivity contribution in [2.75, 3.05) is 5.75 Å². The minimum atomic E-state index is -0.117. The van der Waals surface area contributed by atoms with Gasteiger partial charge in [0.15, 0.2) is 5.82 Å². The first-order chi connectivity index (χ1) is 11.1. The zero-order valence-electron chi connectivity index (χ0n) is 12.8. The number of benzene rings is 1. The second-order valence-electron chi connectivity index (χ2n) is 5.57. The third-order valence-corrected chi connectivity index (χ3v) is 4.94. The van der Waals surface area contributed by atoms with E-state index < -0.39 is 0 Å². The van der Waals surface area contributed by atoms with E-state index >= 15 is 0 Å². The Labute approximate surface area is 144 Å². The van der Waals surface area contributed by atoms with E-state index in [9.17, 15) is 4.79 Å². The molecule has 1 unspecified atom stereocenters. The zero-order chi connectivity index (χ0) is 16.2. The number of carbonyl (C=O) groups excluding carboxylic acids is 1. The second kappa shape index (κ2) is 7.31. The van der Waals surface area contributed by atoms with E-state index in [1.165, 1.54) is 11.8 Å². The van der Waals surface area contributed by atoms with Crippen LogP contribution < -0.4 is 5.32 Å². The number of nitrogens with one attached hydrogen (secondary N) is 1. The van der Waals surface area contributed by atoms with Gasteiger partial charge in [-0.05, 0) is 41.8 Å². The standard InChI is InChI=1S/C15H18ClN5OS/c1-10(12-4-2-3-5-13(12)16)17-15(22)9-23-8-14-18-19-20-21(14)11-6-7-11/h2-5,10-11H,6-9H2,1H3,(H,17,22). The summed E-state index contributed by atoms with van der Waals surface area (Å²) >= 11 is 7.66. The summed E-state index contributed by atoms with van der Waals surface area (Å²) < 4.78 is 1.87. The van der Waals surface area contributed by atoms with Gasteiger partial charge in [-0.25, -0.2) is 4.68 Å². The Balaban J connectivity index is 1.46.